The lowest BCUT2D eigenvalue weighted by atomic mass is 9.88. The molecule has 3 N–H and O–H groups in total. The van der Waals surface area contributed by atoms with E-state index in [9.17, 15) is 13.9 Å². The van der Waals surface area contributed by atoms with E-state index >= 15 is 0 Å². The molecule has 112 valence electrons. The van der Waals surface area contributed by atoms with Crippen LogP contribution < -0.4 is 5.73 Å². The van der Waals surface area contributed by atoms with Crippen LogP contribution in [0, 0.1) is 11.6 Å². The Morgan fingerprint density at radius 1 is 1.19 bits per heavy atom. The summed E-state index contributed by atoms with van der Waals surface area (Å²) >= 11 is 9.04. The van der Waals surface area contributed by atoms with Gasteiger partial charge in [0.05, 0.1) is 10.6 Å². The molecule has 0 aliphatic rings. The molecule has 0 saturated carbocycles. The molecule has 0 fully saturated rings. The lowest BCUT2D eigenvalue weighted by Gasteiger charge is -2.24. The molecule has 0 heterocycles. The maximum Gasteiger partial charge on any atom is 0.137 e. The summed E-state index contributed by atoms with van der Waals surface area (Å²) in [5, 5.41) is 10.6. The van der Waals surface area contributed by atoms with Crippen molar-refractivity contribution in [1.29, 1.82) is 0 Å². The van der Waals surface area contributed by atoms with Crippen LogP contribution in [-0.4, -0.2) is 11.7 Å². The van der Waals surface area contributed by atoms with Gasteiger partial charge in [-0.15, -0.1) is 0 Å². The van der Waals surface area contributed by atoms with E-state index in [-0.39, 0.29) is 21.6 Å². The minimum Gasteiger partial charge on any atom is -0.388 e. The smallest absolute Gasteiger partial charge is 0.137 e. The largest absolute Gasteiger partial charge is 0.388 e. The van der Waals surface area contributed by atoms with Crippen molar-refractivity contribution in [3.05, 3.63) is 68.7 Å². The summed E-state index contributed by atoms with van der Waals surface area (Å²) in [6.45, 7) is -0.0283. The molecule has 0 amide bonds. The summed E-state index contributed by atoms with van der Waals surface area (Å²) in [6, 6.07) is 8.46. The third-order valence-corrected chi connectivity index (χ3v) is 4.26. The zero-order valence-corrected chi connectivity index (χ0v) is 13.2. The van der Waals surface area contributed by atoms with Crippen LogP contribution in [0.25, 0.3) is 0 Å². The molecular formula is C15H13BrClF2NO. The van der Waals surface area contributed by atoms with E-state index in [1.807, 2.05) is 0 Å². The number of hydrogen-bond donors (Lipinski definition) is 2. The zero-order valence-electron chi connectivity index (χ0n) is 10.9. The average Bonchev–Trinajstić information content (AvgIpc) is 2.45. The van der Waals surface area contributed by atoms with Gasteiger partial charge in [-0.2, -0.15) is 0 Å². The number of nitrogens with two attached hydrogens (primary N) is 1. The van der Waals surface area contributed by atoms with Crippen molar-refractivity contribution in [1.82, 2.24) is 0 Å². The first kappa shape index (κ1) is 16.4. The van der Waals surface area contributed by atoms with Crippen LogP contribution in [0.2, 0.25) is 5.02 Å². The maximum absolute atomic E-state index is 14.0. The lowest BCUT2D eigenvalue weighted by molar-refractivity contribution is 0.145. The number of hydrogen-bond acceptors (Lipinski definition) is 2. The van der Waals surface area contributed by atoms with Gasteiger partial charge in [-0.25, -0.2) is 8.78 Å². The van der Waals surface area contributed by atoms with Crippen LogP contribution in [0.4, 0.5) is 8.78 Å². The predicted molar refractivity (Wildman–Crippen MR) is 82.3 cm³/mol. The fourth-order valence-electron chi connectivity index (χ4n) is 2.20. The molecule has 2 rings (SSSR count). The molecule has 2 unspecified atom stereocenters. The second-order valence-electron chi connectivity index (χ2n) is 4.60. The van der Waals surface area contributed by atoms with Gasteiger partial charge >= 0.3 is 0 Å². The highest BCUT2D eigenvalue weighted by atomic mass is 79.9. The van der Waals surface area contributed by atoms with Gasteiger partial charge < -0.3 is 10.8 Å². The third kappa shape index (κ3) is 3.43. The van der Waals surface area contributed by atoms with Crippen molar-refractivity contribution < 1.29 is 13.9 Å². The summed E-state index contributed by atoms with van der Waals surface area (Å²) < 4.78 is 27.8. The fraction of sp³-hybridized carbons (Fsp3) is 0.200. The van der Waals surface area contributed by atoms with Crippen LogP contribution in [0.5, 0.6) is 0 Å². The van der Waals surface area contributed by atoms with Crippen molar-refractivity contribution in [2.45, 2.75) is 12.0 Å². The Morgan fingerprint density at radius 2 is 1.90 bits per heavy atom. The van der Waals surface area contributed by atoms with E-state index in [4.69, 9.17) is 17.3 Å². The second kappa shape index (κ2) is 6.83. The Balaban J connectivity index is 2.43. The predicted octanol–water partition coefficient (Wildman–Crippen LogP) is 4.16. The highest BCUT2D eigenvalue weighted by molar-refractivity contribution is 9.10. The van der Waals surface area contributed by atoms with E-state index in [2.05, 4.69) is 15.9 Å². The van der Waals surface area contributed by atoms with Gasteiger partial charge in [-0.3, -0.25) is 0 Å². The molecule has 2 nitrogen and oxygen atoms in total. The van der Waals surface area contributed by atoms with Crippen LogP contribution in [0.1, 0.15) is 23.1 Å². The van der Waals surface area contributed by atoms with Gasteiger partial charge in [-0.1, -0.05) is 23.7 Å². The molecule has 0 saturated heterocycles. The van der Waals surface area contributed by atoms with Gasteiger partial charge in [0.1, 0.15) is 11.6 Å². The Hall–Kier alpha value is -1.01. The third-order valence-electron chi connectivity index (χ3n) is 3.29. The number of rotatable bonds is 4. The van der Waals surface area contributed by atoms with Crippen molar-refractivity contribution in [2.75, 3.05) is 6.54 Å². The summed E-state index contributed by atoms with van der Waals surface area (Å²) in [5.41, 5.74) is 6.11. The molecular weight excluding hydrogens is 364 g/mol. The monoisotopic (exact) mass is 375 g/mol. The number of halogens is 4. The number of benzene rings is 2. The van der Waals surface area contributed by atoms with Crippen LogP contribution >= 0.6 is 27.5 Å². The Labute approximate surface area is 134 Å². The van der Waals surface area contributed by atoms with Gasteiger partial charge in [0.2, 0.25) is 0 Å². The minimum absolute atomic E-state index is 0.0283. The van der Waals surface area contributed by atoms with Crippen molar-refractivity contribution in [3.8, 4) is 0 Å². The van der Waals surface area contributed by atoms with Gasteiger partial charge in [0, 0.05) is 23.0 Å². The lowest BCUT2D eigenvalue weighted by Crippen LogP contribution is -2.21. The van der Waals surface area contributed by atoms with Crippen LogP contribution in [0.15, 0.2) is 40.9 Å². The molecule has 0 bridgehead atoms. The van der Waals surface area contributed by atoms with E-state index < -0.39 is 23.7 Å². The van der Waals surface area contributed by atoms with E-state index in [0.717, 1.165) is 0 Å². The SMILES string of the molecule is NCC(c1c(F)cccc1Cl)C(O)c1ccc(Br)c(F)c1. The van der Waals surface area contributed by atoms with Gasteiger partial charge in [-0.05, 0) is 45.8 Å². The maximum atomic E-state index is 14.0. The first-order chi connectivity index (χ1) is 9.95. The minimum atomic E-state index is -1.16. The van der Waals surface area contributed by atoms with Crippen molar-refractivity contribution in [2.24, 2.45) is 5.73 Å². The zero-order chi connectivity index (χ0) is 15.6. The summed E-state index contributed by atoms with van der Waals surface area (Å²) in [5.74, 6) is -1.82. The van der Waals surface area contributed by atoms with Gasteiger partial charge in [0.25, 0.3) is 0 Å². The first-order valence-corrected chi connectivity index (χ1v) is 7.39. The van der Waals surface area contributed by atoms with Crippen molar-refractivity contribution in [3.63, 3.8) is 0 Å². The average molecular weight is 377 g/mol. The van der Waals surface area contributed by atoms with Gasteiger partial charge in [0.15, 0.2) is 0 Å². The molecule has 21 heavy (non-hydrogen) atoms. The summed E-state index contributed by atoms with van der Waals surface area (Å²) in [6.07, 6.45) is -1.16. The number of aliphatic hydroxyl groups is 1. The normalized spacial score (nSPS) is 14.0. The van der Waals surface area contributed by atoms with Crippen LogP contribution in [-0.2, 0) is 0 Å². The van der Waals surface area contributed by atoms with Crippen LogP contribution in [0.3, 0.4) is 0 Å². The molecule has 0 aliphatic heterocycles. The molecule has 2 atom stereocenters. The molecule has 6 heteroatoms. The van der Waals surface area contributed by atoms with Crippen molar-refractivity contribution >= 4 is 27.5 Å². The van der Waals surface area contributed by atoms with E-state index in [1.54, 1.807) is 6.07 Å². The molecule has 2 aromatic rings. The summed E-state index contributed by atoms with van der Waals surface area (Å²) in [7, 11) is 0. The molecule has 2 aromatic carbocycles. The van der Waals surface area contributed by atoms with E-state index in [0.29, 0.717) is 5.56 Å². The summed E-state index contributed by atoms with van der Waals surface area (Å²) in [4.78, 5) is 0. The molecule has 0 spiro atoms. The second-order valence-corrected chi connectivity index (χ2v) is 5.86. The first-order valence-electron chi connectivity index (χ1n) is 6.22. The fourth-order valence-corrected chi connectivity index (χ4v) is 2.75. The quantitative estimate of drug-likeness (QED) is 0.842. The Morgan fingerprint density at radius 3 is 2.48 bits per heavy atom. The highest BCUT2D eigenvalue weighted by Gasteiger charge is 2.26. The van der Waals surface area contributed by atoms with E-state index in [1.165, 1.54) is 30.3 Å². The Bertz CT molecular complexity index is 633. The highest BCUT2D eigenvalue weighted by Crippen LogP contribution is 2.36. The molecule has 0 aromatic heterocycles. The topological polar surface area (TPSA) is 46.2 Å². The standard InChI is InChI=1S/C15H13BrClF2NO/c16-10-5-4-8(6-13(10)19)15(21)9(7-20)14-11(17)2-1-3-12(14)18/h1-6,9,15,21H,7,20H2. The molecule has 0 aliphatic carbocycles. The Kier molecular flexibility index (Phi) is 5.32. The number of aliphatic hydroxyl groups excluding tert-OH is 1. The molecule has 0 radical (unpaired) electrons.